The molecule has 0 bridgehead atoms. The van der Waals surface area contributed by atoms with E-state index >= 15 is 0 Å². The Morgan fingerprint density at radius 1 is 1.17 bits per heavy atom. The van der Waals surface area contributed by atoms with E-state index in [1.165, 1.54) is 0 Å². The Bertz CT molecular complexity index is 846. The fourth-order valence-electron chi connectivity index (χ4n) is 3.03. The lowest BCUT2D eigenvalue weighted by atomic mass is 9.96. The van der Waals surface area contributed by atoms with Gasteiger partial charge in [-0.05, 0) is 31.9 Å². The summed E-state index contributed by atoms with van der Waals surface area (Å²) >= 11 is 0. The molecule has 0 aliphatic carbocycles. The first-order valence-corrected chi connectivity index (χ1v) is 8.07. The minimum Gasteiger partial charge on any atom is -0.361 e. The van der Waals surface area contributed by atoms with E-state index in [1.54, 1.807) is 0 Å². The van der Waals surface area contributed by atoms with Gasteiger partial charge in [-0.2, -0.15) is 9.50 Å². The number of anilines is 2. The Morgan fingerprint density at radius 2 is 1.96 bits per heavy atom. The SMILES string of the molecule is Cc1noc(N2CCC(c3nnc4ccc(N(C)C)nn34)CC2)n1. The zero-order valence-corrected chi connectivity index (χ0v) is 14.0. The molecule has 4 rings (SSSR count). The van der Waals surface area contributed by atoms with E-state index < -0.39 is 0 Å². The van der Waals surface area contributed by atoms with Crippen LogP contribution in [0.4, 0.5) is 11.8 Å². The van der Waals surface area contributed by atoms with E-state index in [9.17, 15) is 0 Å². The fraction of sp³-hybridized carbons (Fsp3) is 0.533. The van der Waals surface area contributed by atoms with Crippen molar-refractivity contribution in [2.24, 2.45) is 0 Å². The summed E-state index contributed by atoms with van der Waals surface area (Å²) in [5.74, 6) is 2.80. The first-order valence-electron chi connectivity index (χ1n) is 8.07. The van der Waals surface area contributed by atoms with Gasteiger partial charge < -0.3 is 14.3 Å². The molecule has 0 spiro atoms. The number of nitrogens with zero attached hydrogens (tertiary/aromatic N) is 8. The van der Waals surface area contributed by atoms with Crippen LogP contribution in [0.3, 0.4) is 0 Å². The molecule has 0 aromatic carbocycles. The van der Waals surface area contributed by atoms with Crippen molar-refractivity contribution in [3.05, 3.63) is 23.8 Å². The second-order valence-corrected chi connectivity index (χ2v) is 6.30. The Hall–Kier alpha value is -2.71. The summed E-state index contributed by atoms with van der Waals surface area (Å²) in [7, 11) is 3.95. The lowest BCUT2D eigenvalue weighted by molar-refractivity contribution is 0.386. The molecule has 0 saturated carbocycles. The normalized spacial score (nSPS) is 16.0. The van der Waals surface area contributed by atoms with Gasteiger partial charge in [0.2, 0.25) is 0 Å². The van der Waals surface area contributed by atoms with Crippen LogP contribution in [0.1, 0.15) is 30.4 Å². The van der Waals surface area contributed by atoms with Crippen LogP contribution < -0.4 is 9.80 Å². The predicted octanol–water partition coefficient (Wildman–Crippen LogP) is 1.27. The number of piperidine rings is 1. The molecule has 9 heteroatoms. The molecule has 1 aliphatic rings. The number of aromatic nitrogens is 6. The predicted molar refractivity (Wildman–Crippen MR) is 88.3 cm³/mol. The highest BCUT2D eigenvalue weighted by Gasteiger charge is 2.27. The van der Waals surface area contributed by atoms with Gasteiger partial charge in [0, 0.05) is 33.1 Å². The number of aryl methyl sites for hydroxylation is 1. The molecule has 0 amide bonds. The summed E-state index contributed by atoms with van der Waals surface area (Å²) < 4.78 is 7.12. The summed E-state index contributed by atoms with van der Waals surface area (Å²) in [5.41, 5.74) is 0.783. The topological polar surface area (TPSA) is 88.5 Å². The van der Waals surface area contributed by atoms with Crippen LogP contribution in [0.5, 0.6) is 0 Å². The summed E-state index contributed by atoms with van der Waals surface area (Å²) in [6.45, 7) is 3.54. The van der Waals surface area contributed by atoms with Crippen LogP contribution in [0.25, 0.3) is 5.65 Å². The van der Waals surface area contributed by atoms with Crippen LogP contribution in [-0.2, 0) is 0 Å². The van der Waals surface area contributed by atoms with Crippen LogP contribution >= 0.6 is 0 Å². The zero-order chi connectivity index (χ0) is 16.7. The van der Waals surface area contributed by atoms with Crippen LogP contribution in [0, 0.1) is 6.92 Å². The Balaban J connectivity index is 1.55. The van der Waals surface area contributed by atoms with E-state index in [1.807, 2.05) is 42.6 Å². The molecular weight excluding hydrogens is 308 g/mol. The molecule has 9 nitrogen and oxygen atoms in total. The van der Waals surface area contributed by atoms with Gasteiger partial charge in [-0.15, -0.1) is 15.3 Å². The van der Waals surface area contributed by atoms with Gasteiger partial charge >= 0.3 is 6.01 Å². The molecular formula is C15H20N8O. The molecule has 126 valence electrons. The molecule has 0 radical (unpaired) electrons. The van der Waals surface area contributed by atoms with Crippen LogP contribution in [-0.4, -0.2) is 57.1 Å². The van der Waals surface area contributed by atoms with E-state index in [2.05, 4.69) is 30.3 Å². The van der Waals surface area contributed by atoms with Gasteiger partial charge in [-0.25, -0.2) is 0 Å². The van der Waals surface area contributed by atoms with Crippen molar-refractivity contribution in [1.29, 1.82) is 0 Å². The van der Waals surface area contributed by atoms with Crippen molar-refractivity contribution < 1.29 is 4.52 Å². The molecule has 4 heterocycles. The van der Waals surface area contributed by atoms with E-state index in [0.717, 1.165) is 43.2 Å². The molecule has 24 heavy (non-hydrogen) atoms. The van der Waals surface area contributed by atoms with Crippen molar-refractivity contribution in [2.75, 3.05) is 37.0 Å². The Morgan fingerprint density at radius 3 is 2.62 bits per heavy atom. The van der Waals surface area contributed by atoms with Gasteiger partial charge in [0.1, 0.15) is 5.82 Å². The number of hydrogen-bond donors (Lipinski definition) is 0. The number of fused-ring (bicyclic) bond motifs is 1. The largest absolute Gasteiger partial charge is 0.361 e. The summed E-state index contributed by atoms with van der Waals surface area (Å²) in [5, 5.41) is 17.1. The van der Waals surface area contributed by atoms with Crippen molar-refractivity contribution >= 4 is 17.5 Å². The first kappa shape index (κ1) is 14.9. The zero-order valence-electron chi connectivity index (χ0n) is 14.0. The second kappa shape index (κ2) is 5.73. The standard InChI is InChI=1S/C15H20N8O/c1-10-16-15(24-20-10)22-8-6-11(7-9-22)14-18-17-12-4-5-13(21(2)3)19-23(12)14/h4-5,11H,6-9H2,1-3H3. The Kier molecular flexibility index (Phi) is 3.55. The number of rotatable bonds is 3. The smallest absolute Gasteiger partial charge is 0.324 e. The Labute approximate surface area is 139 Å². The highest BCUT2D eigenvalue weighted by molar-refractivity contribution is 5.45. The highest BCUT2D eigenvalue weighted by atomic mass is 16.5. The lowest BCUT2D eigenvalue weighted by Crippen LogP contribution is -2.33. The van der Waals surface area contributed by atoms with Crippen molar-refractivity contribution in [1.82, 2.24) is 30.0 Å². The summed E-state index contributed by atoms with van der Waals surface area (Å²) in [6.07, 6.45) is 1.91. The molecule has 0 unspecified atom stereocenters. The maximum absolute atomic E-state index is 5.26. The van der Waals surface area contributed by atoms with Crippen LogP contribution in [0.15, 0.2) is 16.7 Å². The minimum absolute atomic E-state index is 0.324. The third-order valence-corrected chi connectivity index (χ3v) is 4.38. The van der Waals surface area contributed by atoms with Gasteiger partial charge in [0.15, 0.2) is 17.3 Å². The monoisotopic (exact) mass is 328 g/mol. The first-order chi connectivity index (χ1) is 11.6. The molecule has 3 aromatic rings. The van der Waals surface area contributed by atoms with Crippen molar-refractivity contribution in [3.63, 3.8) is 0 Å². The molecule has 1 fully saturated rings. The summed E-state index contributed by atoms with van der Waals surface area (Å²) in [4.78, 5) is 8.40. The second-order valence-electron chi connectivity index (χ2n) is 6.30. The number of hydrogen-bond acceptors (Lipinski definition) is 8. The van der Waals surface area contributed by atoms with Crippen molar-refractivity contribution in [2.45, 2.75) is 25.7 Å². The van der Waals surface area contributed by atoms with Crippen LogP contribution in [0.2, 0.25) is 0 Å². The van der Waals surface area contributed by atoms with Gasteiger partial charge in [0.25, 0.3) is 0 Å². The van der Waals surface area contributed by atoms with Gasteiger partial charge in [0.05, 0.1) is 0 Å². The van der Waals surface area contributed by atoms with Gasteiger partial charge in [-0.1, -0.05) is 5.16 Å². The molecule has 1 saturated heterocycles. The average Bonchev–Trinajstić information content (AvgIpc) is 3.20. The molecule has 0 N–H and O–H groups in total. The van der Waals surface area contributed by atoms with E-state index in [0.29, 0.717) is 17.8 Å². The fourth-order valence-corrected chi connectivity index (χ4v) is 3.03. The molecule has 3 aromatic heterocycles. The highest BCUT2D eigenvalue weighted by Crippen LogP contribution is 2.29. The molecule has 1 aliphatic heterocycles. The van der Waals surface area contributed by atoms with Crippen molar-refractivity contribution in [3.8, 4) is 0 Å². The van der Waals surface area contributed by atoms with E-state index in [-0.39, 0.29) is 0 Å². The minimum atomic E-state index is 0.324. The maximum Gasteiger partial charge on any atom is 0.324 e. The van der Waals surface area contributed by atoms with E-state index in [4.69, 9.17) is 4.52 Å². The summed E-state index contributed by atoms with van der Waals surface area (Å²) in [6, 6.07) is 4.51. The quantitative estimate of drug-likeness (QED) is 0.710. The third kappa shape index (κ3) is 2.55. The average molecular weight is 328 g/mol. The maximum atomic E-state index is 5.26. The lowest BCUT2D eigenvalue weighted by Gasteiger charge is -2.29. The van der Waals surface area contributed by atoms with Gasteiger partial charge in [-0.3, -0.25) is 0 Å². The molecule has 0 atom stereocenters. The third-order valence-electron chi connectivity index (χ3n) is 4.38.